The van der Waals surface area contributed by atoms with Gasteiger partial charge in [0.25, 0.3) is 5.91 Å². The molecule has 0 radical (unpaired) electrons. The van der Waals surface area contributed by atoms with Gasteiger partial charge in [-0.3, -0.25) is 4.79 Å². The molecule has 0 bridgehead atoms. The Morgan fingerprint density at radius 3 is 2.55 bits per heavy atom. The van der Waals surface area contributed by atoms with E-state index in [9.17, 15) is 4.79 Å². The Labute approximate surface area is 170 Å². The van der Waals surface area contributed by atoms with E-state index in [0.29, 0.717) is 24.6 Å². The molecule has 0 atom stereocenters. The summed E-state index contributed by atoms with van der Waals surface area (Å²) >= 11 is 0. The Morgan fingerprint density at radius 2 is 1.79 bits per heavy atom. The highest BCUT2D eigenvalue weighted by molar-refractivity contribution is 5.93. The van der Waals surface area contributed by atoms with Crippen LogP contribution in [-0.2, 0) is 13.0 Å². The molecule has 2 aromatic carbocycles. The second kappa shape index (κ2) is 10.1. The topological polar surface area (TPSA) is 85.4 Å². The van der Waals surface area contributed by atoms with Crippen molar-refractivity contribution in [1.29, 1.82) is 0 Å². The van der Waals surface area contributed by atoms with Crippen LogP contribution in [0.1, 0.15) is 21.5 Å². The fourth-order valence-corrected chi connectivity index (χ4v) is 2.81. The van der Waals surface area contributed by atoms with Crippen LogP contribution in [0.4, 0.5) is 5.95 Å². The number of rotatable bonds is 9. The van der Waals surface area contributed by atoms with Gasteiger partial charge in [0.15, 0.2) is 0 Å². The van der Waals surface area contributed by atoms with Gasteiger partial charge in [-0.1, -0.05) is 30.3 Å². The summed E-state index contributed by atoms with van der Waals surface area (Å²) in [4.78, 5) is 20.8. The Kier molecular flexibility index (Phi) is 7.00. The van der Waals surface area contributed by atoms with Crippen molar-refractivity contribution in [3.8, 4) is 11.5 Å². The predicted octanol–water partition coefficient (Wildman–Crippen LogP) is 3.08. The van der Waals surface area contributed by atoms with Crippen molar-refractivity contribution in [3.05, 3.63) is 77.6 Å². The summed E-state index contributed by atoms with van der Waals surface area (Å²) in [5, 5.41) is 6.01. The number of carbonyl (C=O) groups is 1. The molecule has 0 spiro atoms. The van der Waals surface area contributed by atoms with Crippen LogP contribution in [-0.4, -0.2) is 36.6 Å². The van der Waals surface area contributed by atoms with Crippen molar-refractivity contribution >= 4 is 11.9 Å². The smallest absolute Gasteiger partial charge is 0.254 e. The van der Waals surface area contributed by atoms with E-state index in [0.717, 1.165) is 29.0 Å². The number of ether oxygens (including phenoxy) is 2. The van der Waals surface area contributed by atoms with Crippen molar-refractivity contribution in [2.45, 2.75) is 13.0 Å². The third-order valence-electron chi connectivity index (χ3n) is 4.38. The molecular formula is C22H24N4O3. The summed E-state index contributed by atoms with van der Waals surface area (Å²) in [6, 6.07) is 15.5. The summed E-state index contributed by atoms with van der Waals surface area (Å²) in [5.74, 6) is 1.81. The highest BCUT2D eigenvalue weighted by Gasteiger charge is 2.09. The third-order valence-corrected chi connectivity index (χ3v) is 4.38. The molecule has 0 fully saturated rings. The van der Waals surface area contributed by atoms with E-state index in [-0.39, 0.29) is 5.91 Å². The first-order valence-corrected chi connectivity index (χ1v) is 9.28. The molecule has 0 aliphatic carbocycles. The lowest BCUT2D eigenvalue weighted by molar-refractivity contribution is 0.0950. The van der Waals surface area contributed by atoms with E-state index in [2.05, 4.69) is 20.6 Å². The zero-order chi connectivity index (χ0) is 20.5. The number of methoxy groups -OCH3 is 2. The van der Waals surface area contributed by atoms with Gasteiger partial charge in [-0.25, -0.2) is 9.97 Å². The summed E-state index contributed by atoms with van der Waals surface area (Å²) in [6.07, 6.45) is 3.83. The molecule has 0 saturated heterocycles. The predicted molar refractivity (Wildman–Crippen MR) is 111 cm³/mol. The molecule has 3 rings (SSSR count). The van der Waals surface area contributed by atoms with Crippen molar-refractivity contribution in [2.75, 3.05) is 26.1 Å². The zero-order valence-corrected chi connectivity index (χ0v) is 16.5. The van der Waals surface area contributed by atoms with Crippen LogP contribution in [0.2, 0.25) is 0 Å². The minimum atomic E-state index is -0.237. The van der Waals surface area contributed by atoms with E-state index >= 15 is 0 Å². The van der Waals surface area contributed by atoms with Gasteiger partial charge in [0.2, 0.25) is 5.95 Å². The average molecular weight is 392 g/mol. The number of aromatic nitrogens is 2. The molecule has 29 heavy (non-hydrogen) atoms. The molecule has 2 N–H and O–H groups in total. The highest BCUT2D eigenvalue weighted by atomic mass is 16.5. The van der Waals surface area contributed by atoms with Gasteiger partial charge in [-0.15, -0.1) is 0 Å². The third kappa shape index (κ3) is 5.68. The van der Waals surface area contributed by atoms with Crippen LogP contribution < -0.4 is 20.1 Å². The van der Waals surface area contributed by atoms with Crippen molar-refractivity contribution in [1.82, 2.24) is 15.3 Å². The zero-order valence-electron chi connectivity index (χ0n) is 16.5. The van der Waals surface area contributed by atoms with Gasteiger partial charge in [0.1, 0.15) is 11.5 Å². The molecule has 7 nitrogen and oxygen atoms in total. The lowest BCUT2D eigenvalue weighted by atomic mass is 10.1. The molecule has 150 valence electrons. The molecule has 7 heteroatoms. The summed E-state index contributed by atoms with van der Waals surface area (Å²) in [7, 11) is 3.26. The molecule has 1 heterocycles. The standard InChI is InChI=1S/C22H24N4O3/c1-28-19-8-5-6-16(12-19)10-11-23-22-25-14-18(15-26-22)21(27)24-13-17-7-3-4-9-20(17)29-2/h3-9,12,14-15H,10-11,13H2,1-2H3,(H,24,27)(H,23,25,26). The number of nitrogens with zero attached hydrogens (tertiary/aromatic N) is 2. The van der Waals surface area contributed by atoms with E-state index in [1.165, 1.54) is 12.4 Å². The van der Waals surface area contributed by atoms with Gasteiger partial charge >= 0.3 is 0 Å². The van der Waals surface area contributed by atoms with Gasteiger partial charge in [-0.05, 0) is 30.2 Å². The number of nitrogens with one attached hydrogen (secondary N) is 2. The summed E-state index contributed by atoms with van der Waals surface area (Å²) in [5.41, 5.74) is 2.46. The van der Waals surface area contributed by atoms with Crippen LogP contribution >= 0.6 is 0 Å². The van der Waals surface area contributed by atoms with Crippen LogP contribution in [0.3, 0.4) is 0 Å². The quantitative estimate of drug-likeness (QED) is 0.582. The second-order valence-electron chi connectivity index (χ2n) is 6.32. The number of carbonyl (C=O) groups excluding carboxylic acids is 1. The molecule has 3 aromatic rings. The van der Waals surface area contributed by atoms with E-state index < -0.39 is 0 Å². The maximum absolute atomic E-state index is 12.3. The summed E-state index contributed by atoms with van der Waals surface area (Å²) < 4.78 is 10.5. The number of hydrogen-bond acceptors (Lipinski definition) is 6. The first-order valence-electron chi connectivity index (χ1n) is 9.28. The van der Waals surface area contributed by atoms with Gasteiger partial charge < -0.3 is 20.1 Å². The van der Waals surface area contributed by atoms with Crippen molar-refractivity contribution in [3.63, 3.8) is 0 Å². The fourth-order valence-electron chi connectivity index (χ4n) is 2.81. The Balaban J connectivity index is 1.49. The summed E-state index contributed by atoms with van der Waals surface area (Å²) in [6.45, 7) is 1.04. The lowest BCUT2D eigenvalue weighted by Gasteiger charge is -2.10. The number of benzene rings is 2. The molecule has 0 aliphatic rings. The molecular weight excluding hydrogens is 368 g/mol. The van der Waals surface area contributed by atoms with E-state index in [1.807, 2.05) is 48.5 Å². The van der Waals surface area contributed by atoms with Crippen molar-refractivity contribution in [2.24, 2.45) is 0 Å². The Hall–Kier alpha value is -3.61. The largest absolute Gasteiger partial charge is 0.497 e. The van der Waals surface area contributed by atoms with Crippen LogP contribution in [0.5, 0.6) is 11.5 Å². The first kappa shape index (κ1) is 20.1. The van der Waals surface area contributed by atoms with E-state index in [1.54, 1.807) is 14.2 Å². The SMILES string of the molecule is COc1cccc(CCNc2ncc(C(=O)NCc3ccccc3OC)cn2)c1. The number of hydrogen-bond donors (Lipinski definition) is 2. The minimum absolute atomic E-state index is 0.237. The Bertz CT molecular complexity index is 945. The molecule has 1 aromatic heterocycles. The first-order chi connectivity index (χ1) is 14.2. The number of para-hydroxylation sites is 1. The maximum Gasteiger partial charge on any atom is 0.254 e. The molecule has 0 aliphatic heterocycles. The van der Waals surface area contributed by atoms with Crippen LogP contribution in [0.15, 0.2) is 60.9 Å². The average Bonchev–Trinajstić information content (AvgIpc) is 2.78. The van der Waals surface area contributed by atoms with Crippen LogP contribution in [0.25, 0.3) is 0 Å². The molecule has 1 amide bonds. The van der Waals surface area contributed by atoms with Crippen molar-refractivity contribution < 1.29 is 14.3 Å². The Morgan fingerprint density at radius 1 is 1.00 bits per heavy atom. The number of amides is 1. The normalized spacial score (nSPS) is 10.3. The lowest BCUT2D eigenvalue weighted by Crippen LogP contribution is -2.23. The minimum Gasteiger partial charge on any atom is -0.497 e. The van der Waals surface area contributed by atoms with Gasteiger partial charge in [0.05, 0.1) is 19.8 Å². The molecule has 0 saturated carbocycles. The van der Waals surface area contributed by atoms with Gasteiger partial charge in [-0.2, -0.15) is 0 Å². The second-order valence-corrected chi connectivity index (χ2v) is 6.32. The monoisotopic (exact) mass is 392 g/mol. The molecule has 0 unspecified atom stereocenters. The van der Waals surface area contributed by atoms with Gasteiger partial charge in [0, 0.05) is 31.0 Å². The fraction of sp³-hybridized carbons (Fsp3) is 0.227. The number of anilines is 1. The highest BCUT2D eigenvalue weighted by Crippen LogP contribution is 2.17. The maximum atomic E-state index is 12.3. The van der Waals surface area contributed by atoms with Crippen LogP contribution in [0, 0.1) is 0 Å². The van der Waals surface area contributed by atoms with E-state index in [4.69, 9.17) is 9.47 Å².